The highest BCUT2D eigenvalue weighted by molar-refractivity contribution is 7.85. The lowest BCUT2D eigenvalue weighted by molar-refractivity contribution is -0.122. The predicted octanol–water partition coefficient (Wildman–Crippen LogP) is 12.6. The van der Waals surface area contributed by atoms with Crippen LogP contribution < -0.4 is 5.32 Å². The van der Waals surface area contributed by atoms with Gasteiger partial charge in [-0.2, -0.15) is 8.42 Å². The summed E-state index contributed by atoms with van der Waals surface area (Å²) >= 11 is 0. The fourth-order valence-electron chi connectivity index (χ4n) is 5.64. The fourth-order valence-corrected chi connectivity index (χ4v) is 6.38. The van der Waals surface area contributed by atoms with E-state index in [9.17, 15) is 22.9 Å². The zero-order valence-corrected chi connectivity index (χ0v) is 34.4. The normalized spacial score (nSPS) is 14.3. The Kier molecular flexibility index (Phi) is 37.0. The first-order valence-corrected chi connectivity index (χ1v) is 22.5. The number of aliphatic hydroxyl groups excluding tert-OH is 1. The molecule has 0 aliphatic heterocycles. The van der Waals surface area contributed by atoms with Crippen molar-refractivity contribution in [3.63, 3.8) is 0 Å². The third-order valence-corrected chi connectivity index (χ3v) is 9.52. The molecule has 0 aliphatic carbocycles. The lowest BCUT2D eigenvalue weighted by Gasteiger charge is -2.21. The average molecular weight is 756 g/mol. The van der Waals surface area contributed by atoms with E-state index in [-0.39, 0.29) is 12.3 Å². The van der Waals surface area contributed by atoms with Crippen LogP contribution in [0.25, 0.3) is 0 Å². The average Bonchev–Trinajstić information content (AvgIpc) is 3.12. The molecule has 0 radical (unpaired) electrons. The standard InChI is InChI=1S/C46H77NO5S/c1-3-5-7-9-11-13-15-17-19-20-21-22-23-24-25-26-28-30-32-34-36-38-40-42-46(49)47-44(43-53(50,51)52)45(48)41-39-37-35-33-31-29-27-18-16-14-12-10-8-6-4-2/h5,7,11,13,17,19,21-22,24-25,28,30-31,33,39,41,44-45,48H,3-4,6,8-10,12,14-16,18,20,23,26-27,29,32,34-38,40,42-43H2,1-2H3,(H,47,49)(H,50,51,52)/b7-5-,13-11-,19-17-,22-21-,25-24-,30-28-,33-31+,41-39+. The molecular weight excluding hydrogens is 679 g/mol. The Balaban J connectivity index is 4.05. The van der Waals surface area contributed by atoms with Gasteiger partial charge in [-0.05, 0) is 83.5 Å². The molecule has 53 heavy (non-hydrogen) atoms. The summed E-state index contributed by atoms with van der Waals surface area (Å²) < 4.78 is 32.5. The minimum Gasteiger partial charge on any atom is -0.387 e. The third kappa shape index (κ3) is 40.3. The second kappa shape index (κ2) is 39.0. The topological polar surface area (TPSA) is 104 Å². The Bertz CT molecular complexity index is 1190. The third-order valence-electron chi connectivity index (χ3n) is 8.74. The van der Waals surface area contributed by atoms with Gasteiger partial charge in [0.15, 0.2) is 0 Å². The van der Waals surface area contributed by atoms with Crippen molar-refractivity contribution < 1.29 is 22.9 Å². The van der Waals surface area contributed by atoms with Crippen molar-refractivity contribution in [2.24, 2.45) is 0 Å². The maximum absolute atomic E-state index is 12.5. The van der Waals surface area contributed by atoms with Crippen LogP contribution in [0.4, 0.5) is 0 Å². The molecule has 7 heteroatoms. The molecule has 0 aromatic carbocycles. The second-order valence-corrected chi connectivity index (χ2v) is 15.4. The van der Waals surface area contributed by atoms with Crippen LogP contribution in [0.3, 0.4) is 0 Å². The van der Waals surface area contributed by atoms with Gasteiger partial charge in [-0.25, -0.2) is 0 Å². The first-order valence-electron chi connectivity index (χ1n) is 20.9. The van der Waals surface area contributed by atoms with E-state index in [0.717, 1.165) is 77.0 Å². The quantitative estimate of drug-likeness (QED) is 0.0335. The molecule has 6 nitrogen and oxygen atoms in total. The molecule has 0 rings (SSSR count). The minimum atomic E-state index is -4.37. The first kappa shape index (κ1) is 50.3. The molecule has 0 heterocycles. The van der Waals surface area contributed by atoms with E-state index < -0.39 is 28.0 Å². The Labute approximate surface area is 326 Å². The van der Waals surface area contributed by atoms with Crippen LogP contribution in [-0.2, 0) is 14.9 Å². The summed E-state index contributed by atoms with van der Waals surface area (Å²) in [5, 5.41) is 13.2. The van der Waals surface area contributed by atoms with Gasteiger partial charge in [0.25, 0.3) is 10.1 Å². The van der Waals surface area contributed by atoms with Gasteiger partial charge < -0.3 is 10.4 Å². The molecule has 0 aliphatic rings. The molecule has 0 aromatic rings. The van der Waals surface area contributed by atoms with Gasteiger partial charge in [-0.15, -0.1) is 0 Å². The van der Waals surface area contributed by atoms with Gasteiger partial charge in [0.05, 0.1) is 17.9 Å². The van der Waals surface area contributed by atoms with Crippen LogP contribution >= 0.6 is 0 Å². The van der Waals surface area contributed by atoms with Crippen molar-refractivity contribution in [1.82, 2.24) is 5.32 Å². The van der Waals surface area contributed by atoms with E-state index in [1.165, 1.54) is 63.9 Å². The molecule has 302 valence electrons. The van der Waals surface area contributed by atoms with Gasteiger partial charge in [0.2, 0.25) is 5.91 Å². The van der Waals surface area contributed by atoms with Crippen molar-refractivity contribution in [3.05, 3.63) is 97.2 Å². The monoisotopic (exact) mass is 756 g/mol. The number of hydrogen-bond donors (Lipinski definition) is 3. The van der Waals surface area contributed by atoms with E-state index in [0.29, 0.717) is 12.8 Å². The number of rotatable bonds is 36. The number of unbranched alkanes of at least 4 members (excludes halogenated alkanes) is 14. The summed E-state index contributed by atoms with van der Waals surface area (Å²) in [5.41, 5.74) is 0. The molecule has 2 atom stereocenters. The lowest BCUT2D eigenvalue weighted by atomic mass is 10.1. The highest BCUT2D eigenvalue weighted by Gasteiger charge is 2.24. The minimum absolute atomic E-state index is 0.252. The van der Waals surface area contributed by atoms with Crippen LogP contribution in [0.1, 0.15) is 168 Å². The molecule has 0 aromatic heterocycles. The second-order valence-electron chi connectivity index (χ2n) is 13.9. The van der Waals surface area contributed by atoms with Gasteiger partial charge >= 0.3 is 0 Å². The number of carbonyl (C=O) groups is 1. The van der Waals surface area contributed by atoms with Crippen LogP contribution in [0.5, 0.6) is 0 Å². The van der Waals surface area contributed by atoms with Crippen molar-refractivity contribution >= 4 is 16.0 Å². The van der Waals surface area contributed by atoms with Gasteiger partial charge in [0, 0.05) is 6.42 Å². The summed E-state index contributed by atoms with van der Waals surface area (Å²) in [6, 6.07) is -1.09. The maximum Gasteiger partial charge on any atom is 0.267 e. The molecule has 3 N–H and O–H groups in total. The number of amides is 1. The number of carbonyl (C=O) groups excluding carboxylic acids is 1. The van der Waals surface area contributed by atoms with Gasteiger partial charge in [0.1, 0.15) is 0 Å². The van der Waals surface area contributed by atoms with E-state index in [1.807, 2.05) is 0 Å². The maximum atomic E-state index is 12.5. The Hall–Kier alpha value is -2.74. The predicted molar refractivity (Wildman–Crippen MR) is 230 cm³/mol. The molecule has 0 saturated carbocycles. The van der Waals surface area contributed by atoms with Gasteiger partial charge in [-0.1, -0.05) is 175 Å². The van der Waals surface area contributed by atoms with Crippen LogP contribution in [0.2, 0.25) is 0 Å². The number of hydrogen-bond acceptors (Lipinski definition) is 4. The molecule has 1 amide bonds. The SMILES string of the molecule is CC/C=C\C/C=C\C/C=C\C/C=C\C/C=C\C/C=C\CCCCCCC(=O)NC(CS(=O)(=O)O)C(O)/C=C/CC/C=C/CCCCCCCCCCC. The summed E-state index contributed by atoms with van der Waals surface area (Å²) in [6.45, 7) is 4.40. The summed E-state index contributed by atoms with van der Waals surface area (Å²) in [7, 11) is -4.37. The first-order chi connectivity index (χ1) is 25.8. The number of allylic oxidation sites excluding steroid dienone is 15. The zero-order chi connectivity index (χ0) is 38.9. The number of aliphatic hydroxyl groups is 1. The van der Waals surface area contributed by atoms with Crippen molar-refractivity contribution in [2.75, 3.05) is 5.75 Å². The molecule has 0 bridgehead atoms. The molecule has 0 fully saturated rings. The Morgan fingerprint density at radius 3 is 1.42 bits per heavy atom. The molecular formula is C46H77NO5S. The molecule has 2 unspecified atom stereocenters. The smallest absolute Gasteiger partial charge is 0.267 e. The van der Waals surface area contributed by atoms with E-state index in [1.54, 1.807) is 6.08 Å². The summed E-state index contributed by atoms with van der Waals surface area (Å²) in [4.78, 5) is 12.5. The zero-order valence-electron chi connectivity index (χ0n) is 33.6. The highest BCUT2D eigenvalue weighted by Crippen LogP contribution is 2.12. The number of nitrogens with one attached hydrogen (secondary N) is 1. The van der Waals surface area contributed by atoms with Crippen LogP contribution in [0, 0.1) is 0 Å². The van der Waals surface area contributed by atoms with Crippen molar-refractivity contribution in [1.29, 1.82) is 0 Å². The van der Waals surface area contributed by atoms with E-state index in [4.69, 9.17) is 0 Å². The lowest BCUT2D eigenvalue weighted by Crippen LogP contribution is -2.46. The highest BCUT2D eigenvalue weighted by atomic mass is 32.2. The van der Waals surface area contributed by atoms with E-state index in [2.05, 4.69) is 104 Å². The Morgan fingerprint density at radius 2 is 0.925 bits per heavy atom. The molecule has 0 saturated heterocycles. The summed E-state index contributed by atoms with van der Waals surface area (Å²) in [5.74, 6) is -1.04. The van der Waals surface area contributed by atoms with E-state index >= 15 is 0 Å². The fraction of sp³-hybridized carbons (Fsp3) is 0.630. The molecule has 0 spiro atoms. The van der Waals surface area contributed by atoms with Crippen LogP contribution in [-0.4, -0.2) is 41.9 Å². The van der Waals surface area contributed by atoms with Crippen molar-refractivity contribution in [3.8, 4) is 0 Å². The Morgan fingerprint density at radius 1 is 0.528 bits per heavy atom. The van der Waals surface area contributed by atoms with Crippen molar-refractivity contribution in [2.45, 2.75) is 180 Å². The van der Waals surface area contributed by atoms with Crippen LogP contribution in [0.15, 0.2) is 97.2 Å². The summed E-state index contributed by atoms with van der Waals surface area (Å²) in [6.07, 6.45) is 58.2. The largest absolute Gasteiger partial charge is 0.387 e. The van der Waals surface area contributed by atoms with Gasteiger partial charge in [-0.3, -0.25) is 9.35 Å².